The first kappa shape index (κ1) is 15.4. The second kappa shape index (κ2) is 6.22. The monoisotopic (exact) mass is 321 g/mol. The summed E-state index contributed by atoms with van der Waals surface area (Å²) in [6.07, 6.45) is -4.67. The third-order valence-electron chi connectivity index (χ3n) is 2.29. The first-order valence-corrected chi connectivity index (χ1v) is 6.47. The summed E-state index contributed by atoms with van der Waals surface area (Å²) in [5.74, 6) is -1.81. The topological polar surface area (TPSA) is 77.2 Å². The van der Waals surface area contributed by atoms with Crippen LogP contribution in [0, 0.1) is 0 Å². The highest BCUT2D eigenvalue weighted by Crippen LogP contribution is 2.31. The summed E-state index contributed by atoms with van der Waals surface area (Å²) in [6, 6.07) is 3.23. The van der Waals surface area contributed by atoms with Crippen molar-refractivity contribution in [2.75, 3.05) is 13.7 Å². The van der Waals surface area contributed by atoms with Crippen LogP contribution in [0.3, 0.4) is 0 Å². The maximum absolute atomic E-state index is 12.4. The third kappa shape index (κ3) is 4.02. The molecule has 6 nitrogen and oxygen atoms in total. The average molecular weight is 321 g/mol. The fraction of sp³-hybridized carbons (Fsp3) is 0.364. The first-order chi connectivity index (χ1) is 9.90. The van der Waals surface area contributed by atoms with Gasteiger partial charge in [-0.25, -0.2) is 0 Å². The number of ether oxygens (including phenoxy) is 1. The second-order valence-corrected chi connectivity index (χ2v) is 5.06. The van der Waals surface area contributed by atoms with Crippen molar-refractivity contribution in [3.8, 4) is 10.7 Å². The summed E-state index contributed by atoms with van der Waals surface area (Å²) in [7, 11) is 1.40. The molecule has 2 aromatic heterocycles. The number of hydrogen-bond acceptors (Lipinski definition) is 6. The number of rotatable bonds is 5. The summed E-state index contributed by atoms with van der Waals surface area (Å²) < 4.78 is 45.9. The van der Waals surface area contributed by atoms with E-state index in [1.807, 2.05) is 0 Å². The van der Waals surface area contributed by atoms with Gasteiger partial charge in [-0.2, -0.15) is 18.2 Å². The van der Waals surface area contributed by atoms with Gasteiger partial charge in [0.05, 0.1) is 11.4 Å². The molecule has 0 aromatic carbocycles. The molecule has 0 atom stereocenters. The molecule has 10 heteroatoms. The summed E-state index contributed by atoms with van der Waals surface area (Å²) in [5.41, 5.74) is 0. The third-order valence-corrected chi connectivity index (χ3v) is 3.37. The van der Waals surface area contributed by atoms with E-state index in [1.165, 1.54) is 7.11 Å². The number of thiophene rings is 1. The maximum Gasteiger partial charge on any atom is 0.471 e. The lowest BCUT2D eigenvalue weighted by Crippen LogP contribution is -2.26. The van der Waals surface area contributed by atoms with Gasteiger partial charge in [0.25, 0.3) is 0 Å². The Morgan fingerprint density at radius 1 is 1.48 bits per heavy atom. The Morgan fingerprint density at radius 3 is 2.86 bits per heavy atom. The van der Waals surface area contributed by atoms with Crippen LogP contribution in [0.25, 0.3) is 10.7 Å². The summed E-state index contributed by atoms with van der Waals surface area (Å²) in [5, 5.41) is 5.88. The van der Waals surface area contributed by atoms with Crippen LogP contribution in [0.15, 0.2) is 16.7 Å². The number of amides is 1. The van der Waals surface area contributed by atoms with E-state index in [0.29, 0.717) is 4.88 Å². The second-order valence-electron chi connectivity index (χ2n) is 3.90. The number of halogens is 3. The molecule has 0 spiro atoms. The molecule has 0 saturated heterocycles. The van der Waals surface area contributed by atoms with Crippen LogP contribution < -0.4 is 5.32 Å². The van der Waals surface area contributed by atoms with Crippen LogP contribution in [0.5, 0.6) is 0 Å². The van der Waals surface area contributed by atoms with Crippen LogP contribution in [0.1, 0.15) is 10.8 Å². The molecule has 0 unspecified atom stereocenters. The number of nitrogens with zero attached hydrogens (tertiary/aromatic N) is 2. The van der Waals surface area contributed by atoms with E-state index in [0.717, 1.165) is 16.2 Å². The van der Waals surface area contributed by atoms with Gasteiger partial charge < -0.3 is 14.6 Å². The van der Waals surface area contributed by atoms with Crippen molar-refractivity contribution in [1.82, 2.24) is 15.5 Å². The Kier molecular flexibility index (Phi) is 4.58. The van der Waals surface area contributed by atoms with Gasteiger partial charge in [0.15, 0.2) is 0 Å². The molecular formula is C11H10F3N3O3S. The standard InChI is InChI=1S/C11H10F3N3O3S/c1-19-5-8(18)15-4-6-2-3-7(21-6)9-16-10(20-17-9)11(12,13)14/h2-3H,4-5H2,1H3,(H,15,18). The molecule has 0 radical (unpaired) electrons. The molecule has 1 N–H and O–H groups in total. The number of aromatic nitrogens is 2. The van der Waals surface area contributed by atoms with Gasteiger partial charge >= 0.3 is 12.1 Å². The van der Waals surface area contributed by atoms with Crippen molar-refractivity contribution in [2.45, 2.75) is 12.7 Å². The van der Waals surface area contributed by atoms with Crippen LogP contribution >= 0.6 is 11.3 Å². The summed E-state index contributed by atoms with van der Waals surface area (Å²) in [4.78, 5) is 15.7. The molecule has 0 bridgehead atoms. The number of alkyl halides is 3. The quantitative estimate of drug-likeness (QED) is 0.912. The average Bonchev–Trinajstić information content (AvgIpc) is 3.05. The van der Waals surface area contributed by atoms with Gasteiger partial charge in [-0.05, 0) is 12.1 Å². The molecule has 2 rings (SSSR count). The molecular weight excluding hydrogens is 311 g/mol. The number of carbonyl (C=O) groups excluding carboxylic acids is 1. The molecule has 0 aliphatic carbocycles. The lowest BCUT2D eigenvalue weighted by atomic mass is 10.4. The Labute approximate surface area is 120 Å². The van der Waals surface area contributed by atoms with Gasteiger partial charge in [0.1, 0.15) is 6.61 Å². The van der Waals surface area contributed by atoms with Crippen molar-refractivity contribution in [2.24, 2.45) is 0 Å². The van der Waals surface area contributed by atoms with Crippen molar-refractivity contribution in [1.29, 1.82) is 0 Å². The first-order valence-electron chi connectivity index (χ1n) is 5.66. The fourth-order valence-electron chi connectivity index (χ4n) is 1.40. The highest BCUT2D eigenvalue weighted by atomic mass is 32.1. The van der Waals surface area contributed by atoms with E-state index in [4.69, 9.17) is 0 Å². The van der Waals surface area contributed by atoms with Gasteiger partial charge in [0, 0.05) is 12.0 Å². The van der Waals surface area contributed by atoms with Crippen molar-refractivity contribution >= 4 is 17.2 Å². The van der Waals surface area contributed by atoms with Crippen LogP contribution in [0.4, 0.5) is 13.2 Å². The number of hydrogen-bond donors (Lipinski definition) is 1. The molecule has 0 aliphatic heterocycles. The van der Waals surface area contributed by atoms with E-state index in [-0.39, 0.29) is 24.9 Å². The zero-order valence-electron chi connectivity index (χ0n) is 10.7. The molecule has 1 amide bonds. The summed E-state index contributed by atoms with van der Waals surface area (Å²) in [6.45, 7) is 0.189. The lowest BCUT2D eigenvalue weighted by molar-refractivity contribution is -0.159. The Balaban J connectivity index is 2.03. The van der Waals surface area contributed by atoms with E-state index in [1.54, 1.807) is 12.1 Å². The smallest absolute Gasteiger partial charge is 0.375 e. The maximum atomic E-state index is 12.4. The molecule has 0 saturated carbocycles. The van der Waals surface area contributed by atoms with Gasteiger partial charge in [-0.1, -0.05) is 5.16 Å². The molecule has 21 heavy (non-hydrogen) atoms. The van der Waals surface area contributed by atoms with Crippen molar-refractivity contribution in [3.63, 3.8) is 0 Å². The van der Waals surface area contributed by atoms with E-state index < -0.39 is 12.1 Å². The van der Waals surface area contributed by atoms with E-state index in [9.17, 15) is 18.0 Å². The SMILES string of the molecule is COCC(=O)NCc1ccc(-c2noc(C(F)(F)F)n2)s1. The minimum Gasteiger partial charge on any atom is -0.375 e. The number of carbonyl (C=O) groups is 1. The highest BCUT2D eigenvalue weighted by molar-refractivity contribution is 7.15. The van der Waals surface area contributed by atoms with Gasteiger partial charge in [0.2, 0.25) is 11.7 Å². The van der Waals surface area contributed by atoms with Crippen LogP contribution in [0.2, 0.25) is 0 Å². The fourth-order valence-corrected chi connectivity index (χ4v) is 2.27. The number of nitrogens with one attached hydrogen (secondary N) is 1. The van der Waals surface area contributed by atoms with Gasteiger partial charge in [-0.3, -0.25) is 4.79 Å². The normalized spacial score (nSPS) is 11.6. The molecule has 114 valence electrons. The molecule has 0 fully saturated rings. The zero-order chi connectivity index (χ0) is 15.5. The Morgan fingerprint density at radius 2 is 2.24 bits per heavy atom. The van der Waals surface area contributed by atoms with Crippen LogP contribution in [-0.2, 0) is 22.3 Å². The minimum absolute atomic E-state index is 0.0575. The molecule has 0 aliphatic rings. The molecule has 2 aromatic rings. The summed E-state index contributed by atoms with van der Waals surface area (Å²) >= 11 is 1.16. The Bertz CT molecular complexity index is 624. The van der Waals surface area contributed by atoms with Gasteiger partial charge in [-0.15, -0.1) is 11.3 Å². The predicted molar refractivity (Wildman–Crippen MR) is 66.3 cm³/mol. The minimum atomic E-state index is -4.67. The van der Waals surface area contributed by atoms with Crippen molar-refractivity contribution in [3.05, 3.63) is 22.9 Å². The van der Waals surface area contributed by atoms with E-state index in [2.05, 4.69) is 24.7 Å². The van der Waals surface area contributed by atoms with E-state index >= 15 is 0 Å². The number of methoxy groups -OCH3 is 1. The molecule has 2 heterocycles. The lowest BCUT2D eigenvalue weighted by Gasteiger charge is -2.01. The highest BCUT2D eigenvalue weighted by Gasteiger charge is 2.38. The zero-order valence-corrected chi connectivity index (χ0v) is 11.5. The predicted octanol–water partition coefficient (Wildman–Crippen LogP) is 2.08. The van der Waals surface area contributed by atoms with Crippen molar-refractivity contribution < 1.29 is 27.2 Å². The largest absolute Gasteiger partial charge is 0.471 e. The van der Waals surface area contributed by atoms with Crippen LogP contribution in [-0.4, -0.2) is 29.8 Å². The Hall–Kier alpha value is -1.94.